The van der Waals surface area contributed by atoms with Gasteiger partial charge in [0.15, 0.2) is 0 Å². The molecule has 0 aromatic heterocycles. The average molecular weight is 166 g/mol. The maximum atomic E-state index is 11.0. The second-order valence-electron chi connectivity index (χ2n) is 2.10. The molecule has 0 aliphatic carbocycles. The number of carbonyl (C=O) groups excluding carboxylic acids is 1. The van der Waals surface area contributed by atoms with Crippen LogP contribution in [0, 0.1) is 0 Å². The average Bonchev–Trinajstić information content (AvgIpc) is 2.05. The summed E-state index contributed by atoms with van der Waals surface area (Å²) < 4.78 is 0. The van der Waals surface area contributed by atoms with E-state index < -0.39 is 0 Å². The summed E-state index contributed by atoms with van der Waals surface area (Å²) in [7, 11) is 1.60. The lowest BCUT2D eigenvalue weighted by molar-refractivity contribution is 0.0963. The second-order valence-corrected chi connectivity index (χ2v) is 2.57. The molecule has 1 aromatic rings. The number of carbonyl (C=O) groups is 1. The molecule has 0 fully saturated rings. The number of rotatable bonds is 1. The van der Waals surface area contributed by atoms with E-state index in [9.17, 15) is 4.79 Å². The largest absolute Gasteiger partial charge is 0.355 e. The van der Waals surface area contributed by atoms with E-state index in [-0.39, 0.29) is 5.91 Å². The summed E-state index contributed by atoms with van der Waals surface area (Å²) in [6.45, 7) is 0. The maximum Gasteiger partial charge on any atom is 0.251 e. The fourth-order valence-electron chi connectivity index (χ4n) is 0.751. The Balaban J connectivity index is 2.90. The Labute approximate surface area is 71.0 Å². The monoisotopic (exact) mass is 166 g/mol. The van der Waals surface area contributed by atoms with Crippen molar-refractivity contribution in [3.8, 4) is 0 Å². The van der Waals surface area contributed by atoms with E-state index in [2.05, 4.69) is 5.32 Å². The van der Waals surface area contributed by atoms with Crippen LogP contribution in [-0.2, 0) is 0 Å². The van der Waals surface area contributed by atoms with E-state index in [0.29, 0.717) is 5.56 Å². The third-order valence-electron chi connectivity index (χ3n) is 1.34. The van der Waals surface area contributed by atoms with Crippen LogP contribution < -0.4 is 5.32 Å². The van der Waals surface area contributed by atoms with Gasteiger partial charge in [-0.1, -0.05) is 12.6 Å². The first-order valence-electron chi connectivity index (χ1n) is 3.23. The van der Waals surface area contributed by atoms with Gasteiger partial charge < -0.3 is 5.32 Å². The smallest absolute Gasteiger partial charge is 0.251 e. The topological polar surface area (TPSA) is 29.1 Å². The van der Waals surface area contributed by atoms with Gasteiger partial charge in [-0.15, -0.1) is 0 Å². The van der Waals surface area contributed by atoms with E-state index in [0.717, 1.165) is 4.90 Å². The third-order valence-corrected chi connectivity index (χ3v) is 1.62. The lowest BCUT2D eigenvalue weighted by Gasteiger charge is -1.97. The Morgan fingerprint density at radius 3 is 2.36 bits per heavy atom. The minimum Gasteiger partial charge on any atom is -0.355 e. The van der Waals surface area contributed by atoms with Gasteiger partial charge in [-0.05, 0) is 24.3 Å². The summed E-state index contributed by atoms with van der Waals surface area (Å²) >= 11 is 4.86. The Bertz CT molecular complexity index is 255. The van der Waals surface area contributed by atoms with Crippen molar-refractivity contribution in [2.24, 2.45) is 0 Å². The highest BCUT2D eigenvalue weighted by Crippen LogP contribution is 2.06. The molecule has 1 rings (SSSR count). The van der Waals surface area contributed by atoms with E-state index in [1.54, 1.807) is 31.3 Å². The SMILES string of the molecule is CNC(=O)c1ccc([S])cc1. The van der Waals surface area contributed by atoms with Crippen molar-refractivity contribution in [3.63, 3.8) is 0 Å². The molecule has 0 aliphatic rings. The molecule has 3 heteroatoms. The Morgan fingerprint density at radius 1 is 1.36 bits per heavy atom. The van der Waals surface area contributed by atoms with Crippen LogP contribution in [-0.4, -0.2) is 13.0 Å². The first-order chi connectivity index (χ1) is 5.24. The fourth-order valence-corrected chi connectivity index (χ4v) is 0.887. The minimum atomic E-state index is -0.0833. The van der Waals surface area contributed by atoms with Crippen molar-refractivity contribution >= 4 is 18.5 Å². The van der Waals surface area contributed by atoms with Crippen LogP contribution in [0.15, 0.2) is 29.2 Å². The lowest BCUT2D eigenvalue weighted by atomic mass is 10.2. The van der Waals surface area contributed by atoms with Gasteiger partial charge in [0.05, 0.1) is 0 Å². The van der Waals surface area contributed by atoms with Crippen LogP contribution in [0.2, 0.25) is 0 Å². The summed E-state index contributed by atoms with van der Waals surface area (Å²) in [5.41, 5.74) is 0.640. The summed E-state index contributed by atoms with van der Waals surface area (Å²) in [5, 5.41) is 2.53. The van der Waals surface area contributed by atoms with Crippen LogP contribution in [0.4, 0.5) is 0 Å². The first-order valence-corrected chi connectivity index (χ1v) is 3.64. The van der Waals surface area contributed by atoms with Crippen LogP contribution >= 0.6 is 12.6 Å². The molecular weight excluding hydrogens is 158 g/mol. The predicted molar refractivity (Wildman–Crippen MR) is 45.7 cm³/mol. The van der Waals surface area contributed by atoms with Crippen molar-refractivity contribution in [1.29, 1.82) is 0 Å². The van der Waals surface area contributed by atoms with Gasteiger partial charge in [-0.3, -0.25) is 4.79 Å². The van der Waals surface area contributed by atoms with E-state index in [4.69, 9.17) is 12.6 Å². The van der Waals surface area contributed by atoms with Crippen molar-refractivity contribution < 1.29 is 4.79 Å². The molecule has 0 saturated carbocycles. The highest BCUT2D eigenvalue weighted by Gasteiger charge is 2.00. The number of hydrogen-bond donors (Lipinski definition) is 1. The van der Waals surface area contributed by atoms with Crippen molar-refractivity contribution in [2.45, 2.75) is 4.90 Å². The highest BCUT2D eigenvalue weighted by molar-refractivity contribution is 7.80. The standard InChI is InChI=1S/C8H8NOS/c1-9-8(10)6-2-4-7(11)5-3-6/h2-5H,1H3,(H,9,10). The summed E-state index contributed by atoms with van der Waals surface area (Å²) in [5.74, 6) is -0.0833. The summed E-state index contributed by atoms with van der Waals surface area (Å²) in [4.78, 5) is 11.7. The normalized spacial score (nSPS) is 9.18. The molecule has 0 spiro atoms. The second kappa shape index (κ2) is 3.34. The maximum absolute atomic E-state index is 11.0. The Kier molecular flexibility index (Phi) is 2.44. The third kappa shape index (κ3) is 1.91. The lowest BCUT2D eigenvalue weighted by Crippen LogP contribution is -2.17. The van der Waals surface area contributed by atoms with Crippen LogP contribution in [0.5, 0.6) is 0 Å². The molecule has 1 amide bonds. The van der Waals surface area contributed by atoms with Crippen molar-refractivity contribution in [3.05, 3.63) is 29.8 Å². The van der Waals surface area contributed by atoms with Crippen molar-refractivity contribution in [2.75, 3.05) is 7.05 Å². The minimum absolute atomic E-state index is 0.0833. The number of nitrogens with one attached hydrogen (secondary N) is 1. The Hall–Kier alpha value is -1.09. The molecule has 1 aromatic carbocycles. The molecule has 0 atom stereocenters. The zero-order valence-electron chi connectivity index (χ0n) is 6.13. The van der Waals surface area contributed by atoms with Gasteiger partial charge in [0.2, 0.25) is 0 Å². The molecule has 11 heavy (non-hydrogen) atoms. The summed E-state index contributed by atoms with van der Waals surface area (Å²) in [6.07, 6.45) is 0. The van der Waals surface area contributed by atoms with Crippen molar-refractivity contribution in [1.82, 2.24) is 5.32 Å². The molecule has 0 aliphatic heterocycles. The predicted octanol–water partition coefficient (Wildman–Crippen LogP) is 1.60. The number of hydrogen-bond acceptors (Lipinski definition) is 1. The molecule has 57 valence electrons. The van der Waals surface area contributed by atoms with E-state index >= 15 is 0 Å². The Morgan fingerprint density at radius 2 is 1.91 bits per heavy atom. The van der Waals surface area contributed by atoms with Gasteiger partial charge in [0.25, 0.3) is 5.91 Å². The van der Waals surface area contributed by atoms with Gasteiger partial charge in [-0.2, -0.15) is 0 Å². The van der Waals surface area contributed by atoms with Gasteiger partial charge in [0.1, 0.15) is 0 Å². The van der Waals surface area contributed by atoms with Gasteiger partial charge >= 0.3 is 0 Å². The summed E-state index contributed by atoms with van der Waals surface area (Å²) in [6, 6.07) is 6.89. The molecule has 1 radical (unpaired) electrons. The molecule has 1 N–H and O–H groups in total. The molecule has 2 nitrogen and oxygen atoms in total. The quantitative estimate of drug-likeness (QED) is 0.674. The van der Waals surface area contributed by atoms with Crippen LogP contribution in [0.3, 0.4) is 0 Å². The molecular formula is C8H8NOS. The zero-order chi connectivity index (χ0) is 8.27. The number of amides is 1. The molecule has 0 saturated heterocycles. The zero-order valence-corrected chi connectivity index (χ0v) is 6.94. The molecule has 0 unspecified atom stereocenters. The van der Waals surface area contributed by atoms with Crippen LogP contribution in [0.1, 0.15) is 10.4 Å². The van der Waals surface area contributed by atoms with Gasteiger partial charge in [-0.25, -0.2) is 0 Å². The van der Waals surface area contributed by atoms with Crippen LogP contribution in [0.25, 0.3) is 0 Å². The van der Waals surface area contributed by atoms with Gasteiger partial charge in [0, 0.05) is 17.5 Å². The molecule has 0 bridgehead atoms. The highest BCUT2D eigenvalue weighted by atomic mass is 32.1. The fraction of sp³-hybridized carbons (Fsp3) is 0.125. The molecule has 0 heterocycles. The first kappa shape index (κ1) is 8.01. The van der Waals surface area contributed by atoms with E-state index in [1.165, 1.54) is 0 Å². The number of benzene rings is 1. The van der Waals surface area contributed by atoms with E-state index in [1.807, 2.05) is 0 Å².